The van der Waals surface area contributed by atoms with Gasteiger partial charge in [-0.1, -0.05) is 30.4 Å². The van der Waals surface area contributed by atoms with E-state index in [1.165, 1.54) is 18.3 Å². The number of nitrogens with zero attached hydrogens (tertiary/aromatic N) is 4. The number of fused-ring (bicyclic) bond motifs is 1. The summed E-state index contributed by atoms with van der Waals surface area (Å²) in [5.41, 5.74) is 2.46. The second kappa shape index (κ2) is 6.18. The Hall–Kier alpha value is -2.72. The van der Waals surface area contributed by atoms with E-state index in [9.17, 15) is 10.1 Å². The van der Waals surface area contributed by atoms with Gasteiger partial charge in [0, 0.05) is 24.6 Å². The van der Waals surface area contributed by atoms with E-state index in [0.29, 0.717) is 22.0 Å². The maximum atomic E-state index is 11.2. The molecule has 0 bridgehead atoms. The minimum Gasteiger partial charge on any atom is -0.326 e. The summed E-state index contributed by atoms with van der Waals surface area (Å²) in [6, 6.07) is 9.49. The molecule has 1 amide bonds. The number of nitrogens with one attached hydrogen (secondary N) is 1. The van der Waals surface area contributed by atoms with E-state index >= 15 is 0 Å². The third-order valence-corrected chi connectivity index (χ3v) is 4.24. The quantitative estimate of drug-likeness (QED) is 0.798. The molecule has 0 radical (unpaired) electrons. The molecule has 2 heterocycles. The van der Waals surface area contributed by atoms with Crippen LogP contribution in [0.5, 0.6) is 0 Å². The summed E-state index contributed by atoms with van der Waals surface area (Å²) in [5, 5.41) is 17.7. The number of amides is 1. The average Bonchev–Trinajstić information content (AvgIpc) is 3.04. The van der Waals surface area contributed by atoms with Crippen molar-refractivity contribution >= 4 is 27.9 Å². The molecule has 0 saturated heterocycles. The zero-order valence-electron chi connectivity index (χ0n) is 12.8. The Balaban J connectivity index is 2.07. The highest BCUT2D eigenvalue weighted by molar-refractivity contribution is 7.16. The standard InChI is InChI=1S/C16H15N5OS/c1-3-5-14-20-21-13(9-17)15(19-16(21)23-14)11-6-4-7-12(8-11)18-10(2)22/h4,6-8H,3,5H2,1-2H3,(H,18,22). The zero-order chi connectivity index (χ0) is 16.4. The van der Waals surface area contributed by atoms with Crippen molar-refractivity contribution in [3.05, 3.63) is 35.0 Å². The van der Waals surface area contributed by atoms with Gasteiger partial charge >= 0.3 is 0 Å². The van der Waals surface area contributed by atoms with Gasteiger partial charge in [-0.2, -0.15) is 14.9 Å². The van der Waals surface area contributed by atoms with Gasteiger partial charge < -0.3 is 5.32 Å². The summed E-state index contributed by atoms with van der Waals surface area (Å²) >= 11 is 1.50. The normalized spacial score (nSPS) is 10.7. The van der Waals surface area contributed by atoms with Crippen LogP contribution in [0.25, 0.3) is 16.2 Å². The Morgan fingerprint density at radius 2 is 2.30 bits per heavy atom. The number of rotatable bonds is 4. The zero-order valence-corrected chi connectivity index (χ0v) is 13.6. The van der Waals surface area contributed by atoms with E-state index in [4.69, 9.17) is 0 Å². The van der Waals surface area contributed by atoms with E-state index in [0.717, 1.165) is 23.4 Å². The number of carbonyl (C=O) groups excluding carboxylic acids is 1. The minimum absolute atomic E-state index is 0.139. The van der Waals surface area contributed by atoms with Gasteiger partial charge in [-0.3, -0.25) is 4.79 Å². The lowest BCUT2D eigenvalue weighted by Gasteiger charge is -2.04. The Labute approximate surface area is 137 Å². The van der Waals surface area contributed by atoms with Crippen LogP contribution in [0.4, 0.5) is 5.69 Å². The fourth-order valence-corrected chi connectivity index (χ4v) is 3.35. The van der Waals surface area contributed by atoms with Crippen LogP contribution in [-0.4, -0.2) is 20.5 Å². The predicted molar refractivity (Wildman–Crippen MR) is 89.3 cm³/mol. The molecular weight excluding hydrogens is 310 g/mol. The summed E-state index contributed by atoms with van der Waals surface area (Å²) in [7, 11) is 0. The van der Waals surface area contributed by atoms with E-state index < -0.39 is 0 Å². The van der Waals surface area contributed by atoms with Gasteiger partial charge in [-0.25, -0.2) is 4.98 Å². The van der Waals surface area contributed by atoms with E-state index in [-0.39, 0.29) is 5.91 Å². The van der Waals surface area contributed by atoms with E-state index in [2.05, 4.69) is 28.4 Å². The van der Waals surface area contributed by atoms with Crippen molar-refractivity contribution in [1.82, 2.24) is 14.6 Å². The summed E-state index contributed by atoms with van der Waals surface area (Å²) in [6.45, 7) is 3.55. The lowest BCUT2D eigenvalue weighted by Crippen LogP contribution is -2.05. The van der Waals surface area contributed by atoms with Crippen molar-refractivity contribution in [2.45, 2.75) is 26.7 Å². The Morgan fingerprint density at radius 3 is 3.00 bits per heavy atom. The van der Waals surface area contributed by atoms with Crippen LogP contribution in [0.3, 0.4) is 0 Å². The van der Waals surface area contributed by atoms with Crippen LogP contribution in [0, 0.1) is 11.3 Å². The van der Waals surface area contributed by atoms with Gasteiger partial charge in [0.1, 0.15) is 16.8 Å². The first-order valence-corrected chi connectivity index (χ1v) is 8.10. The summed E-state index contributed by atoms with van der Waals surface area (Å²) in [4.78, 5) is 16.5. The molecule has 6 nitrogen and oxygen atoms in total. The van der Waals surface area contributed by atoms with Crippen LogP contribution in [0.1, 0.15) is 31.0 Å². The lowest BCUT2D eigenvalue weighted by atomic mass is 10.1. The monoisotopic (exact) mass is 325 g/mol. The SMILES string of the molecule is CCCc1nn2c(C#N)c(-c3cccc(NC(C)=O)c3)nc2s1. The highest BCUT2D eigenvalue weighted by Crippen LogP contribution is 2.28. The molecule has 1 aromatic carbocycles. The van der Waals surface area contributed by atoms with Crippen molar-refractivity contribution < 1.29 is 4.79 Å². The van der Waals surface area contributed by atoms with Gasteiger partial charge in [0.25, 0.3) is 0 Å². The third-order valence-electron chi connectivity index (χ3n) is 3.27. The van der Waals surface area contributed by atoms with Gasteiger partial charge in [-0.15, -0.1) is 0 Å². The number of hydrogen-bond acceptors (Lipinski definition) is 5. The Bertz CT molecular complexity index is 918. The molecule has 0 atom stereocenters. The molecule has 3 rings (SSSR count). The third kappa shape index (κ3) is 2.94. The number of anilines is 1. The average molecular weight is 325 g/mol. The number of aromatic nitrogens is 3. The van der Waals surface area contributed by atoms with Crippen LogP contribution in [0.2, 0.25) is 0 Å². The summed E-state index contributed by atoms with van der Waals surface area (Å²) in [5.74, 6) is -0.139. The predicted octanol–water partition coefficient (Wildman–Crippen LogP) is 3.24. The van der Waals surface area contributed by atoms with E-state index in [1.807, 2.05) is 18.2 Å². The van der Waals surface area contributed by atoms with Gasteiger partial charge in [0.2, 0.25) is 10.9 Å². The van der Waals surface area contributed by atoms with Crippen LogP contribution in [-0.2, 0) is 11.2 Å². The lowest BCUT2D eigenvalue weighted by molar-refractivity contribution is -0.114. The topological polar surface area (TPSA) is 83.1 Å². The number of hydrogen-bond donors (Lipinski definition) is 1. The van der Waals surface area contributed by atoms with Crippen molar-refractivity contribution in [2.75, 3.05) is 5.32 Å². The first kappa shape index (κ1) is 15.2. The maximum Gasteiger partial charge on any atom is 0.221 e. The van der Waals surface area contributed by atoms with Crippen LogP contribution >= 0.6 is 11.3 Å². The molecule has 116 valence electrons. The number of aryl methyl sites for hydroxylation is 1. The smallest absolute Gasteiger partial charge is 0.221 e. The molecule has 2 aromatic heterocycles. The molecule has 0 unspecified atom stereocenters. The maximum absolute atomic E-state index is 11.2. The van der Waals surface area contributed by atoms with Crippen molar-refractivity contribution in [1.29, 1.82) is 5.26 Å². The highest BCUT2D eigenvalue weighted by Gasteiger charge is 2.18. The van der Waals surface area contributed by atoms with Crippen molar-refractivity contribution in [3.63, 3.8) is 0 Å². The first-order chi connectivity index (χ1) is 11.1. The number of imidazole rings is 1. The van der Waals surface area contributed by atoms with Crippen molar-refractivity contribution in [2.24, 2.45) is 0 Å². The van der Waals surface area contributed by atoms with Crippen LogP contribution in [0.15, 0.2) is 24.3 Å². The second-order valence-electron chi connectivity index (χ2n) is 5.12. The second-order valence-corrected chi connectivity index (χ2v) is 6.16. The molecule has 0 aliphatic rings. The molecule has 7 heteroatoms. The van der Waals surface area contributed by atoms with Gasteiger partial charge in [-0.05, 0) is 18.6 Å². The molecule has 0 fully saturated rings. The molecule has 1 N–H and O–H groups in total. The van der Waals surface area contributed by atoms with Crippen LogP contribution < -0.4 is 5.32 Å². The first-order valence-electron chi connectivity index (χ1n) is 7.29. The molecule has 23 heavy (non-hydrogen) atoms. The van der Waals surface area contributed by atoms with Crippen molar-refractivity contribution in [3.8, 4) is 17.3 Å². The Morgan fingerprint density at radius 1 is 1.48 bits per heavy atom. The minimum atomic E-state index is -0.139. The van der Waals surface area contributed by atoms with E-state index in [1.54, 1.807) is 10.6 Å². The fourth-order valence-electron chi connectivity index (χ4n) is 2.35. The molecule has 0 spiro atoms. The highest BCUT2D eigenvalue weighted by atomic mass is 32.1. The summed E-state index contributed by atoms with van der Waals surface area (Å²) < 4.78 is 1.61. The molecule has 0 saturated carbocycles. The molecule has 0 aliphatic carbocycles. The van der Waals surface area contributed by atoms with Gasteiger partial charge in [0.05, 0.1) is 0 Å². The largest absolute Gasteiger partial charge is 0.326 e. The molecule has 3 aromatic rings. The number of benzene rings is 1. The Kier molecular flexibility index (Phi) is 4.08. The fraction of sp³-hybridized carbons (Fsp3) is 0.250. The van der Waals surface area contributed by atoms with Gasteiger partial charge in [0.15, 0.2) is 5.69 Å². The molecule has 0 aliphatic heterocycles. The number of nitriles is 1. The number of carbonyl (C=O) groups is 1. The molecular formula is C16H15N5OS. The summed E-state index contributed by atoms with van der Waals surface area (Å²) in [6.07, 6.45) is 1.89.